The van der Waals surface area contributed by atoms with E-state index in [0.29, 0.717) is 58.0 Å². The van der Waals surface area contributed by atoms with Crippen molar-refractivity contribution in [3.63, 3.8) is 0 Å². The van der Waals surface area contributed by atoms with Crippen LogP contribution in [0.15, 0.2) is 9.70 Å². The molecule has 3 rings (SSSR count). The topological polar surface area (TPSA) is 107 Å². The number of carboxylic acid groups (broad SMARTS) is 1. The molecule has 2 atom stereocenters. The molecule has 35 heavy (non-hydrogen) atoms. The monoisotopic (exact) mass is 516 g/mol. The van der Waals surface area contributed by atoms with Crippen LogP contribution in [0.4, 0.5) is 5.82 Å². The summed E-state index contributed by atoms with van der Waals surface area (Å²) in [5.74, 6) is 0.616. The lowest BCUT2D eigenvalue weighted by Crippen LogP contribution is -2.42. The van der Waals surface area contributed by atoms with Crippen molar-refractivity contribution in [1.29, 1.82) is 5.26 Å². The molecule has 1 aromatic heterocycles. The number of unbranched alkanes of at least 4 members (excludes halogenated alkanes) is 2. The second-order valence-electron chi connectivity index (χ2n) is 9.60. The van der Waals surface area contributed by atoms with Gasteiger partial charge in [0.1, 0.15) is 21.8 Å². The van der Waals surface area contributed by atoms with E-state index in [4.69, 9.17) is 17.3 Å². The number of rotatable bonds is 8. The zero-order valence-corrected chi connectivity index (χ0v) is 22.3. The lowest BCUT2D eigenvalue weighted by Gasteiger charge is -2.38. The van der Waals surface area contributed by atoms with E-state index in [1.807, 2.05) is 6.07 Å². The summed E-state index contributed by atoms with van der Waals surface area (Å²) in [5, 5.41) is 18.5. The molecule has 0 aliphatic carbocycles. The highest BCUT2D eigenvalue weighted by Crippen LogP contribution is 2.37. The van der Waals surface area contributed by atoms with Crippen molar-refractivity contribution in [1.82, 2.24) is 9.47 Å². The number of amides is 1. The fourth-order valence-electron chi connectivity index (χ4n) is 4.98. The quantitative estimate of drug-likeness (QED) is 0.315. The third kappa shape index (κ3) is 5.96. The molecule has 2 saturated heterocycles. The summed E-state index contributed by atoms with van der Waals surface area (Å²) in [5.41, 5.74) is 1.01. The summed E-state index contributed by atoms with van der Waals surface area (Å²) in [7, 11) is 1.68. The maximum atomic E-state index is 13.2. The minimum absolute atomic E-state index is 0.0783. The average Bonchev–Trinajstić information content (AvgIpc) is 3.04. The van der Waals surface area contributed by atoms with Crippen LogP contribution in [0, 0.1) is 30.1 Å². The number of carbonyl (C=O) groups excluding carboxylic acids is 1. The number of pyridine rings is 1. The summed E-state index contributed by atoms with van der Waals surface area (Å²) in [4.78, 5) is 41.1. The van der Waals surface area contributed by atoms with E-state index in [2.05, 4.69) is 18.7 Å². The molecule has 10 heteroatoms. The Labute approximate surface area is 215 Å². The van der Waals surface area contributed by atoms with Gasteiger partial charge in [0, 0.05) is 38.7 Å². The van der Waals surface area contributed by atoms with E-state index in [0.717, 1.165) is 25.3 Å². The van der Waals surface area contributed by atoms with E-state index in [-0.39, 0.29) is 23.5 Å². The van der Waals surface area contributed by atoms with Crippen LogP contribution in [0.3, 0.4) is 0 Å². The van der Waals surface area contributed by atoms with Gasteiger partial charge in [0.05, 0.1) is 4.91 Å². The van der Waals surface area contributed by atoms with Crippen molar-refractivity contribution in [2.75, 3.05) is 24.5 Å². The smallest absolute Gasteiger partial charge is 0.303 e. The minimum Gasteiger partial charge on any atom is -0.481 e. The van der Waals surface area contributed by atoms with E-state index < -0.39 is 5.97 Å². The Hall–Kier alpha value is -2.64. The van der Waals surface area contributed by atoms with Crippen LogP contribution in [-0.4, -0.2) is 50.4 Å². The highest BCUT2D eigenvalue weighted by Gasteiger charge is 2.33. The lowest BCUT2D eigenvalue weighted by atomic mass is 9.91. The lowest BCUT2D eigenvalue weighted by molar-refractivity contribution is -0.137. The number of nitriles is 1. The van der Waals surface area contributed by atoms with Crippen molar-refractivity contribution in [3.8, 4) is 6.07 Å². The normalized spacial score (nSPS) is 21.6. The predicted octanol–water partition coefficient (Wildman–Crippen LogP) is 3.89. The number of aromatic nitrogens is 1. The second kappa shape index (κ2) is 11.4. The number of carbonyl (C=O) groups is 2. The molecular formula is C25H32N4O4S2. The molecule has 0 bridgehead atoms. The van der Waals surface area contributed by atoms with Gasteiger partial charge in [-0.05, 0) is 49.7 Å². The molecule has 188 valence electrons. The van der Waals surface area contributed by atoms with Crippen LogP contribution >= 0.6 is 24.0 Å². The molecule has 2 aliphatic rings. The zero-order valence-electron chi connectivity index (χ0n) is 20.7. The SMILES string of the molecule is Cc1c(/C=C2/SC(=S)N(CCCCCC(=O)O)C2=O)c(N2CC(C)CC(C)C2)n(C)c(=O)c1C#N. The van der Waals surface area contributed by atoms with Gasteiger partial charge in [-0.3, -0.25) is 23.9 Å². The van der Waals surface area contributed by atoms with Gasteiger partial charge >= 0.3 is 5.97 Å². The third-order valence-corrected chi connectivity index (χ3v) is 7.94. The minimum atomic E-state index is -0.823. The zero-order chi connectivity index (χ0) is 25.9. The molecule has 0 saturated carbocycles. The van der Waals surface area contributed by atoms with Gasteiger partial charge in [0.15, 0.2) is 0 Å². The largest absolute Gasteiger partial charge is 0.481 e. The van der Waals surface area contributed by atoms with Crippen LogP contribution < -0.4 is 10.5 Å². The van der Waals surface area contributed by atoms with Gasteiger partial charge < -0.3 is 10.0 Å². The number of nitrogens with zero attached hydrogens (tertiary/aromatic N) is 4. The highest BCUT2D eigenvalue weighted by atomic mass is 32.2. The van der Waals surface area contributed by atoms with Crippen molar-refractivity contribution in [2.24, 2.45) is 18.9 Å². The van der Waals surface area contributed by atoms with Crippen LogP contribution in [0.1, 0.15) is 62.6 Å². The summed E-state index contributed by atoms with van der Waals surface area (Å²) in [6.07, 6.45) is 4.92. The van der Waals surface area contributed by atoms with Crippen molar-refractivity contribution in [2.45, 2.75) is 52.9 Å². The van der Waals surface area contributed by atoms with Crippen LogP contribution in [0.5, 0.6) is 0 Å². The molecule has 1 N–H and O–H groups in total. The summed E-state index contributed by atoms with van der Waals surface area (Å²) >= 11 is 6.68. The van der Waals surface area contributed by atoms with Crippen molar-refractivity contribution in [3.05, 3.63) is 31.9 Å². The molecule has 3 heterocycles. The number of piperidine rings is 1. The van der Waals surface area contributed by atoms with E-state index >= 15 is 0 Å². The number of anilines is 1. The van der Waals surface area contributed by atoms with Gasteiger partial charge in [-0.1, -0.05) is 44.2 Å². The molecular weight excluding hydrogens is 484 g/mol. The van der Waals surface area contributed by atoms with Crippen molar-refractivity contribution >= 4 is 52.1 Å². The molecule has 1 amide bonds. The van der Waals surface area contributed by atoms with Crippen LogP contribution in [-0.2, 0) is 16.6 Å². The molecule has 1 aromatic rings. The first-order chi connectivity index (χ1) is 16.5. The first-order valence-corrected chi connectivity index (χ1v) is 13.1. The van der Waals surface area contributed by atoms with Crippen LogP contribution in [0.25, 0.3) is 6.08 Å². The Bertz CT molecular complexity index is 1160. The van der Waals surface area contributed by atoms with E-state index in [9.17, 15) is 19.6 Å². The number of thiocarbonyl (C=S) groups is 1. The van der Waals surface area contributed by atoms with Crippen molar-refractivity contribution < 1.29 is 14.7 Å². The standard InChI is InChI=1S/C25H32N4O4S2/c1-15-10-16(2)14-28(13-15)22-18(17(3)19(12-26)23(32)27(22)4)11-20-24(33)29(25(34)35-20)9-7-5-6-8-21(30)31/h11,15-16H,5-10,13-14H2,1-4H3,(H,30,31)/b20-11+. The van der Waals surface area contributed by atoms with E-state index in [1.165, 1.54) is 16.3 Å². The Morgan fingerprint density at radius 1 is 1.23 bits per heavy atom. The molecule has 0 aromatic carbocycles. The fourth-order valence-corrected chi connectivity index (χ4v) is 6.27. The molecule has 2 aliphatic heterocycles. The van der Waals surface area contributed by atoms with Gasteiger partial charge in [-0.15, -0.1) is 0 Å². The van der Waals surface area contributed by atoms with Gasteiger partial charge in [0.2, 0.25) is 0 Å². The molecule has 0 radical (unpaired) electrons. The Kier molecular flexibility index (Phi) is 8.78. The fraction of sp³-hybridized carbons (Fsp3) is 0.560. The number of thioether (sulfide) groups is 1. The second-order valence-corrected chi connectivity index (χ2v) is 11.3. The molecule has 2 fully saturated rings. The summed E-state index contributed by atoms with van der Waals surface area (Å²) in [6, 6.07) is 2.04. The number of carboxylic acids is 1. The first-order valence-electron chi connectivity index (χ1n) is 11.9. The van der Waals surface area contributed by atoms with Crippen LogP contribution in [0.2, 0.25) is 0 Å². The summed E-state index contributed by atoms with van der Waals surface area (Å²) in [6.45, 7) is 8.17. The molecule has 2 unspecified atom stereocenters. The predicted molar refractivity (Wildman–Crippen MR) is 142 cm³/mol. The maximum absolute atomic E-state index is 13.2. The summed E-state index contributed by atoms with van der Waals surface area (Å²) < 4.78 is 2.00. The highest BCUT2D eigenvalue weighted by molar-refractivity contribution is 8.26. The van der Waals surface area contributed by atoms with Gasteiger partial charge in [0.25, 0.3) is 11.5 Å². The first kappa shape index (κ1) is 27.0. The number of aliphatic carboxylic acids is 1. The Balaban J connectivity index is 1.96. The van der Waals surface area contributed by atoms with E-state index in [1.54, 1.807) is 24.9 Å². The Morgan fingerprint density at radius 3 is 2.49 bits per heavy atom. The average molecular weight is 517 g/mol. The molecule has 0 spiro atoms. The molecule has 8 nitrogen and oxygen atoms in total. The third-order valence-electron chi connectivity index (χ3n) is 6.56. The maximum Gasteiger partial charge on any atom is 0.303 e. The van der Waals surface area contributed by atoms with Gasteiger partial charge in [-0.2, -0.15) is 5.26 Å². The number of hydrogen-bond acceptors (Lipinski definition) is 7. The number of hydrogen-bond donors (Lipinski definition) is 1. The van der Waals surface area contributed by atoms with Gasteiger partial charge in [-0.25, -0.2) is 0 Å². The Morgan fingerprint density at radius 2 is 1.89 bits per heavy atom.